The van der Waals surface area contributed by atoms with Gasteiger partial charge in [0.15, 0.2) is 0 Å². The van der Waals surface area contributed by atoms with Crippen molar-refractivity contribution in [3.8, 4) is 5.75 Å². The predicted molar refractivity (Wildman–Crippen MR) is 53.4 cm³/mol. The van der Waals surface area contributed by atoms with Crippen LogP contribution in [0, 0.1) is 0 Å². The second-order valence-electron chi connectivity index (χ2n) is 3.67. The summed E-state index contributed by atoms with van der Waals surface area (Å²) in [5.74, 6) is -2.59. The number of methoxy groups -OCH3 is 1. The van der Waals surface area contributed by atoms with E-state index in [0.717, 1.165) is 0 Å². The van der Waals surface area contributed by atoms with E-state index >= 15 is 0 Å². The molecule has 1 aliphatic rings. The van der Waals surface area contributed by atoms with Gasteiger partial charge in [-0.2, -0.15) is 0 Å². The minimum absolute atomic E-state index is 0.194. The number of alkyl halides is 2. The molecule has 1 aliphatic carbocycles. The van der Waals surface area contributed by atoms with E-state index in [0.29, 0.717) is 5.75 Å². The Labute approximate surface area is 91.0 Å². The summed E-state index contributed by atoms with van der Waals surface area (Å²) >= 11 is 5.87. The molecule has 0 bridgehead atoms. The van der Waals surface area contributed by atoms with Crippen LogP contribution in [0.15, 0.2) is 18.2 Å². The van der Waals surface area contributed by atoms with E-state index in [1.807, 2.05) is 0 Å². The van der Waals surface area contributed by atoms with Crippen molar-refractivity contribution in [1.82, 2.24) is 0 Å². The van der Waals surface area contributed by atoms with Crippen LogP contribution in [0.3, 0.4) is 0 Å². The summed E-state index contributed by atoms with van der Waals surface area (Å²) in [4.78, 5) is 0. The van der Waals surface area contributed by atoms with Crippen molar-refractivity contribution in [2.45, 2.75) is 17.9 Å². The zero-order valence-corrected chi connectivity index (χ0v) is 8.81. The Morgan fingerprint density at radius 1 is 1.47 bits per heavy atom. The lowest BCUT2D eigenvalue weighted by Crippen LogP contribution is -2.28. The van der Waals surface area contributed by atoms with Gasteiger partial charge in [-0.15, -0.1) is 0 Å². The van der Waals surface area contributed by atoms with E-state index in [1.165, 1.54) is 13.2 Å². The number of rotatable bonds is 2. The summed E-state index contributed by atoms with van der Waals surface area (Å²) in [6.07, 6.45) is -0.389. The molecule has 1 saturated carbocycles. The third-order valence-corrected chi connectivity index (χ3v) is 2.98. The molecule has 2 N–H and O–H groups in total. The quantitative estimate of drug-likeness (QED) is 0.852. The summed E-state index contributed by atoms with van der Waals surface area (Å²) in [7, 11) is 1.40. The molecular weight excluding hydrogens is 224 g/mol. The van der Waals surface area contributed by atoms with Gasteiger partial charge in [0.25, 0.3) is 5.92 Å². The van der Waals surface area contributed by atoms with Gasteiger partial charge in [-0.1, -0.05) is 17.7 Å². The highest BCUT2D eigenvalue weighted by Gasteiger charge is 2.71. The van der Waals surface area contributed by atoms with Crippen molar-refractivity contribution in [3.05, 3.63) is 28.8 Å². The van der Waals surface area contributed by atoms with E-state index in [9.17, 15) is 8.78 Å². The Bertz CT molecular complexity index is 410. The maximum absolute atomic E-state index is 13.1. The number of halogens is 3. The third kappa shape index (κ3) is 1.40. The summed E-state index contributed by atoms with van der Waals surface area (Å²) < 4.78 is 31.2. The van der Waals surface area contributed by atoms with E-state index in [4.69, 9.17) is 22.1 Å². The first-order valence-electron chi connectivity index (χ1n) is 4.42. The first-order chi connectivity index (χ1) is 6.92. The van der Waals surface area contributed by atoms with Crippen molar-refractivity contribution < 1.29 is 13.5 Å². The monoisotopic (exact) mass is 233 g/mol. The van der Waals surface area contributed by atoms with Crippen LogP contribution >= 0.6 is 11.6 Å². The number of hydrogen-bond acceptors (Lipinski definition) is 2. The van der Waals surface area contributed by atoms with Crippen LogP contribution < -0.4 is 10.5 Å². The molecule has 1 aromatic carbocycles. The molecule has 0 heterocycles. The second kappa shape index (κ2) is 3.06. The lowest BCUT2D eigenvalue weighted by atomic mass is 10.0. The normalized spacial score (nSPS) is 27.5. The van der Waals surface area contributed by atoms with Crippen LogP contribution in [0.5, 0.6) is 5.75 Å². The van der Waals surface area contributed by atoms with Crippen LogP contribution in [0.2, 0.25) is 5.02 Å². The number of hydrogen-bond donors (Lipinski definition) is 1. The lowest BCUT2D eigenvalue weighted by molar-refractivity contribution is 0.0884. The highest BCUT2D eigenvalue weighted by Crippen LogP contribution is 2.60. The van der Waals surface area contributed by atoms with Crippen LogP contribution in [0.25, 0.3) is 0 Å². The number of benzene rings is 1. The summed E-state index contributed by atoms with van der Waals surface area (Å²) in [5.41, 5.74) is 4.13. The molecule has 0 aliphatic heterocycles. The first kappa shape index (κ1) is 10.6. The Kier molecular flexibility index (Phi) is 2.17. The molecule has 0 spiro atoms. The molecule has 0 amide bonds. The van der Waals surface area contributed by atoms with Gasteiger partial charge in [-0.25, -0.2) is 8.78 Å². The highest BCUT2D eigenvalue weighted by molar-refractivity contribution is 6.31. The minimum Gasteiger partial charge on any atom is -0.496 e. The molecule has 82 valence electrons. The molecule has 0 saturated heterocycles. The zero-order valence-electron chi connectivity index (χ0n) is 8.06. The van der Waals surface area contributed by atoms with Crippen LogP contribution in [-0.2, 0) is 5.54 Å². The molecule has 1 atom stereocenters. The molecule has 0 aromatic heterocycles. The smallest absolute Gasteiger partial charge is 0.272 e. The molecule has 0 radical (unpaired) electrons. The fourth-order valence-electron chi connectivity index (χ4n) is 1.68. The van der Waals surface area contributed by atoms with E-state index in [-0.39, 0.29) is 17.0 Å². The topological polar surface area (TPSA) is 35.2 Å². The number of ether oxygens (including phenoxy) is 1. The molecule has 1 fully saturated rings. The molecule has 5 heteroatoms. The lowest BCUT2D eigenvalue weighted by Gasteiger charge is -2.16. The van der Waals surface area contributed by atoms with Crippen molar-refractivity contribution in [1.29, 1.82) is 0 Å². The largest absolute Gasteiger partial charge is 0.496 e. The minimum atomic E-state index is -2.90. The molecule has 1 unspecified atom stereocenters. The third-order valence-electron chi connectivity index (χ3n) is 2.67. The van der Waals surface area contributed by atoms with Gasteiger partial charge in [-0.05, 0) is 12.1 Å². The summed E-state index contributed by atoms with van der Waals surface area (Å²) in [6, 6.07) is 4.74. The maximum atomic E-state index is 13.1. The molecule has 2 rings (SSSR count). The molecule has 1 aromatic rings. The van der Waals surface area contributed by atoms with Crippen LogP contribution in [0.1, 0.15) is 12.0 Å². The summed E-state index contributed by atoms with van der Waals surface area (Å²) in [5, 5.41) is 0.217. The second-order valence-corrected chi connectivity index (χ2v) is 4.08. The van der Waals surface area contributed by atoms with E-state index < -0.39 is 11.5 Å². The van der Waals surface area contributed by atoms with Crippen LogP contribution in [0.4, 0.5) is 8.78 Å². The highest BCUT2D eigenvalue weighted by atomic mass is 35.5. The predicted octanol–water partition coefficient (Wildman–Crippen LogP) is 2.54. The fourth-order valence-corrected chi connectivity index (χ4v) is 2.02. The van der Waals surface area contributed by atoms with Gasteiger partial charge in [-0.3, -0.25) is 0 Å². The van der Waals surface area contributed by atoms with Crippen LogP contribution in [-0.4, -0.2) is 13.0 Å². The van der Waals surface area contributed by atoms with E-state index in [1.54, 1.807) is 12.1 Å². The van der Waals surface area contributed by atoms with Crippen molar-refractivity contribution in [2.75, 3.05) is 7.11 Å². The Balaban J connectivity index is 2.54. The van der Waals surface area contributed by atoms with Crippen molar-refractivity contribution >= 4 is 11.6 Å². The van der Waals surface area contributed by atoms with Crippen molar-refractivity contribution in [3.63, 3.8) is 0 Å². The zero-order chi connectivity index (χ0) is 11.3. The average Bonchev–Trinajstić information content (AvgIpc) is 2.65. The van der Waals surface area contributed by atoms with Gasteiger partial charge < -0.3 is 10.5 Å². The molecule has 15 heavy (non-hydrogen) atoms. The maximum Gasteiger partial charge on any atom is 0.272 e. The Hall–Kier alpha value is -0.870. The van der Waals surface area contributed by atoms with Gasteiger partial charge in [0.2, 0.25) is 0 Å². The fraction of sp³-hybridized carbons (Fsp3) is 0.400. The van der Waals surface area contributed by atoms with Gasteiger partial charge in [0.05, 0.1) is 7.11 Å². The molecule has 2 nitrogen and oxygen atoms in total. The summed E-state index contributed by atoms with van der Waals surface area (Å²) in [6.45, 7) is 0. The standard InChI is InChI=1S/C10H10ClF2NO/c1-15-7-4-2-3-6(11)8(7)9(14)5-10(9,12)13/h2-4H,5,14H2,1H3. The Morgan fingerprint density at radius 3 is 2.53 bits per heavy atom. The van der Waals surface area contributed by atoms with Gasteiger partial charge in [0, 0.05) is 17.0 Å². The van der Waals surface area contributed by atoms with Crippen molar-refractivity contribution in [2.24, 2.45) is 5.73 Å². The molecular formula is C10H10ClF2NO. The van der Waals surface area contributed by atoms with Gasteiger partial charge in [0.1, 0.15) is 11.3 Å². The van der Waals surface area contributed by atoms with E-state index in [2.05, 4.69) is 0 Å². The average molecular weight is 234 g/mol. The Morgan fingerprint density at radius 2 is 2.07 bits per heavy atom. The first-order valence-corrected chi connectivity index (χ1v) is 4.80. The SMILES string of the molecule is COc1cccc(Cl)c1C1(N)CC1(F)F. The van der Waals surface area contributed by atoms with Gasteiger partial charge >= 0.3 is 0 Å². The number of nitrogens with two attached hydrogens (primary N) is 1.